The van der Waals surface area contributed by atoms with Gasteiger partial charge in [0.25, 0.3) is 0 Å². The van der Waals surface area contributed by atoms with Crippen molar-refractivity contribution in [1.29, 1.82) is 5.26 Å². The van der Waals surface area contributed by atoms with E-state index in [2.05, 4.69) is 10.1 Å². The molecule has 3 aromatic rings. The van der Waals surface area contributed by atoms with Gasteiger partial charge in [0.2, 0.25) is 0 Å². The van der Waals surface area contributed by atoms with Crippen LogP contribution in [0.5, 0.6) is 5.75 Å². The lowest BCUT2D eigenvalue weighted by Crippen LogP contribution is -2.00. The molecule has 124 valence electrons. The molecule has 0 aliphatic heterocycles. The van der Waals surface area contributed by atoms with Crippen molar-refractivity contribution < 1.29 is 19.0 Å². The Balaban J connectivity index is 2.09. The van der Waals surface area contributed by atoms with Crippen molar-refractivity contribution in [1.82, 2.24) is 14.8 Å². The Kier molecular flexibility index (Phi) is 4.14. The van der Waals surface area contributed by atoms with Gasteiger partial charge in [-0.05, 0) is 24.3 Å². The zero-order valence-electron chi connectivity index (χ0n) is 13.0. The smallest absolute Gasteiger partial charge is 0.338 e. The minimum Gasteiger partial charge on any atom is -0.497 e. The van der Waals surface area contributed by atoms with Gasteiger partial charge in [0.15, 0.2) is 0 Å². The molecule has 1 aromatic carbocycles. The first-order chi connectivity index (χ1) is 12.0. The molecule has 3 rings (SSSR count). The molecule has 0 bridgehead atoms. The molecule has 0 aliphatic rings. The van der Waals surface area contributed by atoms with E-state index >= 15 is 0 Å². The fourth-order valence-corrected chi connectivity index (χ4v) is 2.27. The quantitative estimate of drug-likeness (QED) is 0.785. The summed E-state index contributed by atoms with van der Waals surface area (Å²) in [5.41, 5.74) is 0.803. The molecule has 0 amide bonds. The zero-order valence-corrected chi connectivity index (χ0v) is 13.0. The summed E-state index contributed by atoms with van der Waals surface area (Å²) in [6.45, 7) is 0. The zero-order chi connectivity index (χ0) is 18.0. The molecule has 0 aliphatic carbocycles. The Morgan fingerprint density at radius 2 is 2.16 bits per heavy atom. The Morgan fingerprint density at radius 1 is 1.36 bits per heavy atom. The first-order valence-electron chi connectivity index (χ1n) is 7.06. The number of aromatic nitrogens is 3. The monoisotopic (exact) mass is 338 g/mol. The largest absolute Gasteiger partial charge is 0.497 e. The number of methoxy groups -OCH3 is 1. The Morgan fingerprint density at radius 3 is 2.80 bits per heavy atom. The maximum Gasteiger partial charge on any atom is 0.338 e. The molecule has 2 heterocycles. The number of carbonyl (C=O) groups is 1. The van der Waals surface area contributed by atoms with Crippen molar-refractivity contribution in [3.8, 4) is 28.8 Å². The van der Waals surface area contributed by atoms with Crippen molar-refractivity contribution in [2.24, 2.45) is 0 Å². The van der Waals surface area contributed by atoms with Crippen molar-refractivity contribution >= 4 is 5.97 Å². The fraction of sp³-hybridized carbons (Fsp3) is 0.0588. The van der Waals surface area contributed by atoms with Crippen LogP contribution >= 0.6 is 0 Å². The minimum atomic E-state index is -1.12. The van der Waals surface area contributed by atoms with Crippen molar-refractivity contribution in [3.05, 3.63) is 59.8 Å². The Labute approximate surface area is 141 Å². The fourth-order valence-electron chi connectivity index (χ4n) is 2.27. The van der Waals surface area contributed by atoms with Crippen LogP contribution in [-0.4, -0.2) is 33.0 Å². The van der Waals surface area contributed by atoms with Crippen molar-refractivity contribution in [2.45, 2.75) is 0 Å². The summed E-state index contributed by atoms with van der Waals surface area (Å²) in [7, 11) is 1.45. The highest BCUT2D eigenvalue weighted by atomic mass is 19.1. The molecule has 1 N–H and O–H groups in total. The third-order valence-corrected chi connectivity index (χ3v) is 3.52. The van der Waals surface area contributed by atoms with Gasteiger partial charge in [-0.1, -0.05) is 0 Å². The summed E-state index contributed by atoms with van der Waals surface area (Å²) in [6.07, 6.45) is 3.87. The number of rotatable bonds is 4. The normalized spacial score (nSPS) is 10.3. The Hall–Kier alpha value is -3.73. The topological polar surface area (TPSA) is 101 Å². The van der Waals surface area contributed by atoms with E-state index < -0.39 is 11.8 Å². The Bertz CT molecular complexity index is 1010. The van der Waals surface area contributed by atoms with Crippen molar-refractivity contribution in [3.63, 3.8) is 0 Å². The summed E-state index contributed by atoms with van der Waals surface area (Å²) in [4.78, 5) is 15.1. The molecular weight excluding hydrogens is 327 g/mol. The van der Waals surface area contributed by atoms with Crippen LogP contribution < -0.4 is 4.74 Å². The number of ether oxygens (including phenoxy) is 1. The number of nitriles is 1. The van der Waals surface area contributed by atoms with Gasteiger partial charge in [0.1, 0.15) is 17.6 Å². The predicted octanol–water partition coefficient (Wildman–Crippen LogP) is 2.65. The molecule has 0 radical (unpaired) electrons. The number of halogens is 1. The van der Waals surface area contributed by atoms with Crippen LogP contribution in [0, 0.1) is 17.1 Å². The molecule has 8 heteroatoms. The third-order valence-electron chi connectivity index (χ3n) is 3.52. The van der Waals surface area contributed by atoms with E-state index in [0.29, 0.717) is 11.4 Å². The van der Waals surface area contributed by atoms with Crippen LogP contribution in [-0.2, 0) is 0 Å². The van der Waals surface area contributed by atoms with Crippen LogP contribution in [0.4, 0.5) is 4.39 Å². The molecule has 0 saturated heterocycles. The summed E-state index contributed by atoms with van der Waals surface area (Å²) in [6, 6.07) is 7.58. The highest BCUT2D eigenvalue weighted by Gasteiger charge is 2.15. The highest BCUT2D eigenvalue weighted by Crippen LogP contribution is 2.28. The number of carboxylic acid groups (broad SMARTS) is 1. The van der Waals surface area contributed by atoms with Crippen LogP contribution in [0.15, 0.2) is 42.9 Å². The third kappa shape index (κ3) is 3.03. The molecule has 2 aromatic heterocycles. The average Bonchev–Trinajstić information content (AvgIpc) is 3.12. The average molecular weight is 338 g/mol. The van der Waals surface area contributed by atoms with E-state index in [-0.39, 0.29) is 22.4 Å². The standard InChI is InChI=1S/C17H11FN4O3/c1-25-13-2-3-15(18)14(5-13)16-10(6-19)4-12(8-20-16)22-9-11(7-21-22)17(23)24/h2-5,7-9H,1H3,(H,23,24). The van der Waals surface area contributed by atoms with Gasteiger partial charge in [-0.15, -0.1) is 0 Å². The highest BCUT2D eigenvalue weighted by molar-refractivity contribution is 5.87. The number of carboxylic acids is 1. The lowest BCUT2D eigenvalue weighted by molar-refractivity contribution is 0.0697. The number of hydrogen-bond acceptors (Lipinski definition) is 5. The molecule has 0 fully saturated rings. The van der Waals surface area contributed by atoms with Gasteiger partial charge >= 0.3 is 5.97 Å². The first-order valence-corrected chi connectivity index (χ1v) is 7.06. The second-order valence-electron chi connectivity index (χ2n) is 5.03. The number of hydrogen-bond donors (Lipinski definition) is 1. The van der Waals surface area contributed by atoms with E-state index in [9.17, 15) is 14.4 Å². The summed E-state index contributed by atoms with van der Waals surface area (Å²) >= 11 is 0. The minimum absolute atomic E-state index is 0.00132. The molecular formula is C17H11FN4O3. The number of pyridine rings is 1. The molecule has 25 heavy (non-hydrogen) atoms. The summed E-state index contributed by atoms with van der Waals surface area (Å²) in [5, 5.41) is 22.3. The van der Waals surface area contributed by atoms with Crippen LogP contribution in [0.3, 0.4) is 0 Å². The van der Waals surface area contributed by atoms with E-state index in [1.165, 1.54) is 54.6 Å². The number of benzene rings is 1. The van der Waals surface area contributed by atoms with Gasteiger partial charge < -0.3 is 9.84 Å². The van der Waals surface area contributed by atoms with Gasteiger partial charge in [-0.25, -0.2) is 13.9 Å². The lowest BCUT2D eigenvalue weighted by atomic mass is 10.1. The van der Waals surface area contributed by atoms with E-state index in [1.807, 2.05) is 6.07 Å². The van der Waals surface area contributed by atoms with Crippen LogP contribution in [0.25, 0.3) is 16.9 Å². The lowest BCUT2D eigenvalue weighted by Gasteiger charge is -2.09. The van der Waals surface area contributed by atoms with E-state index in [4.69, 9.17) is 9.84 Å². The van der Waals surface area contributed by atoms with Crippen LogP contribution in [0.2, 0.25) is 0 Å². The van der Waals surface area contributed by atoms with Gasteiger partial charge in [0.05, 0.1) is 42.0 Å². The van der Waals surface area contributed by atoms with Gasteiger partial charge in [-0.3, -0.25) is 4.98 Å². The van der Waals surface area contributed by atoms with E-state index in [0.717, 1.165) is 0 Å². The van der Waals surface area contributed by atoms with Gasteiger partial charge in [-0.2, -0.15) is 10.4 Å². The second-order valence-corrected chi connectivity index (χ2v) is 5.03. The first kappa shape index (κ1) is 16.1. The van der Waals surface area contributed by atoms with E-state index in [1.54, 1.807) is 0 Å². The summed E-state index contributed by atoms with van der Waals surface area (Å²) in [5.74, 6) is -1.22. The molecule has 0 spiro atoms. The summed E-state index contributed by atoms with van der Waals surface area (Å²) < 4.78 is 20.5. The maximum absolute atomic E-state index is 14.1. The SMILES string of the molecule is COc1ccc(F)c(-c2ncc(-n3cc(C(=O)O)cn3)cc2C#N)c1. The van der Waals surface area contributed by atoms with Crippen molar-refractivity contribution in [2.75, 3.05) is 7.11 Å². The maximum atomic E-state index is 14.1. The number of aromatic carboxylic acids is 1. The predicted molar refractivity (Wildman–Crippen MR) is 85.0 cm³/mol. The number of nitrogens with zero attached hydrogens (tertiary/aromatic N) is 4. The second kappa shape index (κ2) is 6.41. The molecule has 0 unspecified atom stereocenters. The molecule has 0 atom stereocenters. The van der Waals surface area contributed by atoms with Gasteiger partial charge in [0, 0.05) is 11.8 Å². The van der Waals surface area contributed by atoms with Crippen LogP contribution in [0.1, 0.15) is 15.9 Å². The molecule has 0 saturated carbocycles. The molecule has 7 nitrogen and oxygen atoms in total.